The predicted molar refractivity (Wildman–Crippen MR) is 104 cm³/mol. The van der Waals surface area contributed by atoms with Gasteiger partial charge in [0.25, 0.3) is 5.89 Å². The first-order valence-corrected chi connectivity index (χ1v) is 9.84. The Morgan fingerprint density at radius 3 is 2.79 bits per heavy atom. The number of fused-ring (bicyclic) bond motifs is 1. The summed E-state index contributed by atoms with van der Waals surface area (Å²) < 4.78 is 10.9. The van der Waals surface area contributed by atoms with E-state index in [4.69, 9.17) is 9.26 Å². The first kappa shape index (κ1) is 18.5. The summed E-state index contributed by atoms with van der Waals surface area (Å²) in [6, 6.07) is 8.98. The Labute approximate surface area is 165 Å². The van der Waals surface area contributed by atoms with Crippen molar-refractivity contribution in [1.29, 1.82) is 0 Å². The number of Topliss-reactive ketones (excluding diaryl/α,β-unsaturated/α-hetero) is 1. The third-order valence-corrected chi connectivity index (χ3v) is 5.61. The van der Waals surface area contributed by atoms with Crippen LogP contribution >= 0.6 is 11.3 Å². The summed E-state index contributed by atoms with van der Waals surface area (Å²) in [5.41, 5.74) is 2.46. The van der Waals surface area contributed by atoms with Crippen molar-refractivity contribution in [2.24, 2.45) is 0 Å². The Morgan fingerprint density at radius 2 is 2.04 bits per heavy atom. The summed E-state index contributed by atoms with van der Waals surface area (Å²) in [5.74, 6) is 0.656. The average molecular weight is 397 g/mol. The molecule has 7 nitrogen and oxygen atoms in total. The van der Waals surface area contributed by atoms with Crippen molar-refractivity contribution in [2.75, 3.05) is 11.9 Å². The Hall–Kier alpha value is -2.84. The van der Waals surface area contributed by atoms with Crippen LogP contribution in [-0.4, -0.2) is 28.4 Å². The third kappa shape index (κ3) is 3.88. The van der Waals surface area contributed by atoms with E-state index in [2.05, 4.69) is 15.5 Å². The van der Waals surface area contributed by atoms with Crippen LogP contribution in [-0.2, 0) is 22.6 Å². The zero-order chi connectivity index (χ0) is 19.5. The lowest BCUT2D eigenvalue weighted by atomic mass is 10.1. The molecule has 0 saturated carbocycles. The predicted octanol–water partition coefficient (Wildman–Crippen LogP) is 3.78. The lowest BCUT2D eigenvalue weighted by Gasteiger charge is -2.12. The van der Waals surface area contributed by atoms with Gasteiger partial charge in [0.1, 0.15) is 5.00 Å². The molecule has 0 saturated heterocycles. The molecule has 1 aliphatic rings. The minimum absolute atomic E-state index is 0.0534. The van der Waals surface area contributed by atoms with Gasteiger partial charge in [-0.15, -0.1) is 11.3 Å². The van der Waals surface area contributed by atoms with Gasteiger partial charge in [-0.25, -0.2) is 0 Å². The second-order valence-electron chi connectivity index (χ2n) is 6.49. The number of ketones is 1. The number of aromatic nitrogens is 2. The number of hydrogen-bond donors (Lipinski definition) is 1. The van der Waals surface area contributed by atoms with Gasteiger partial charge in [0, 0.05) is 23.3 Å². The standard InChI is InChI=1S/C20H19N3O4S/c1-12-21-19(27-23-12)18-14-9-10-26-11-16(14)28-20(18)22-17(25)8-7-15(24)13-5-3-2-4-6-13/h2-6H,7-11H2,1H3,(H,22,25). The van der Waals surface area contributed by atoms with Crippen molar-refractivity contribution in [3.63, 3.8) is 0 Å². The summed E-state index contributed by atoms with van der Waals surface area (Å²) >= 11 is 1.46. The fraction of sp³-hybridized carbons (Fsp3) is 0.300. The zero-order valence-corrected chi connectivity index (χ0v) is 16.2. The molecule has 0 spiro atoms. The van der Waals surface area contributed by atoms with Crippen LogP contribution in [0, 0.1) is 6.92 Å². The van der Waals surface area contributed by atoms with Crippen molar-refractivity contribution in [3.8, 4) is 11.5 Å². The number of benzene rings is 1. The summed E-state index contributed by atoms with van der Waals surface area (Å²) in [6.07, 6.45) is 0.985. The number of amides is 1. The van der Waals surface area contributed by atoms with Crippen LogP contribution < -0.4 is 5.32 Å². The van der Waals surface area contributed by atoms with E-state index in [0.717, 1.165) is 22.4 Å². The molecule has 0 aliphatic carbocycles. The molecular weight excluding hydrogens is 378 g/mol. The molecule has 4 rings (SSSR count). The number of aryl methyl sites for hydroxylation is 1. The highest BCUT2D eigenvalue weighted by molar-refractivity contribution is 7.17. The van der Waals surface area contributed by atoms with E-state index in [1.165, 1.54) is 11.3 Å². The van der Waals surface area contributed by atoms with Crippen LogP contribution in [0.25, 0.3) is 11.5 Å². The summed E-state index contributed by atoms with van der Waals surface area (Å²) in [7, 11) is 0. The molecule has 0 fully saturated rings. The maximum Gasteiger partial charge on any atom is 0.261 e. The van der Waals surface area contributed by atoms with Gasteiger partial charge in [-0.2, -0.15) is 4.98 Å². The number of rotatable bonds is 6. The largest absolute Gasteiger partial charge is 0.376 e. The first-order valence-electron chi connectivity index (χ1n) is 9.03. The number of anilines is 1. The average Bonchev–Trinajstić information content (AvgIpc) is 3.29. The molecule has 144 valence electrons. The molecule has 0 atom stereocenters. The summed E-state index contributed by atoms with van der Waals surface area (Å²) in [4.78, 5) is 30.1. The van der Waals surface area contributed by atoms with Crippen LogP contribution in [0.2, 0.25) is 0 Å². The number of carbonyl (C=O) groups excluding carboxylic acids is 2. The minimum Gasteiger partial charge on any atom is -0.376 e. The Balaban J connectivity index is 1.50. The molecule has 8 heteroatoms. The number of ether oxygens (including phenoxy) is 1. The van der Waals surface area contributed by atoms with Crippen molar-refractivity contribution < 1.29 is 18.8 Å². The number of thiophene rings is 1. The monoisotopic (exact) mass is 397 g/mol. The lowest BCUT2D eigenvalue weighted by Crippen LogP contribution is -2.13. The quantitative estimate of drug-likeness (QED) is 0.636. The lowest BCUT2D eigenvalue weighted by molar-refractivity contribution is -0.116. The minimum atomic E-state index is -0.221. The molecule has 1 aromatic carbocycles. The summed E-state index contributed by atoms with van der Waals surface area (Å²) in [5, 5.41) is 7.45. The number of carbonyl (C=O) groups is 2. The first-order chi connectivity index (χ1) is 13.6. The van der Waals surface area contributed by atoms with E-state index < -0.39 is 0 Å². The van der Waals surface area contributed by atoms with Crippen molar-refractivity contribution in [2.45, 2.75) is 32.8 Å². The van der Waals surface area contributed by atoms with Gasteiger partial charge in [0.05, 0.1) is 18.8 Å². The van der Waals surface area contributed by atoms with Crippen LogP contribution in [0.15, 0.2) is 34.9 Å². The van der Waals surface area contributed by atoms with E-state index in [0.29, 0.717) is 35.5 Å². The SMILES string of the molecule is Cc1noc(-c2c(NC(=O)CCC(=O)c3ccccc3)sc3c2CCOC3)n1. The molecular formula is C20H19N3O4S. The van der Waals surface area contributed by atoms with Gasteiger partial charge in [-0.3, -0.25) is 9.59 Å². The maximum absolute atomic E-state index is 12.5. The number of nitrogens with zero attached hydrogens (tertiary/aromatic N) is 2. The van der Waals surface area contributed by atoms with E-state index in [9.17, 15) is 9.59 Å². The van der Waals surface area contributed by atoms with E-state index in [-0.39, 0.29) is 24.5 Å². The van der Waals surface area contributed by atoms with Crippen molar-refractivity contribution >= 4 is 28.0 Å². The molecule has 1 aliphatic heterocycles. The fourth-order valence-corrected chi connectivity index (χ4v) is 4.32. The van der Waals surface area contributed by atoms with Gasteiger partial charge in [-0.1, -0.05) is 35.5 Å². The highest BCUT2D eigenvalue weighted by atomic mass is 32.1. The number of hydrogen-bond acceptors (Lipinski definition) is 7. The van der Waals surface area contributed by atoms with Crippen LogP contribution in [0.4, 0.5) is 5.00 Å². The third-order valence-electron chi connectivity index (χ3n) is 4.49. The smallest absolute Gasteiger partial charge is 0.261 e. The van der Waals surface area contributed by atoms with Crippen LogP contribution in [0.1, 0.15) is 39.5 Å². The van der Waals surface area contributed by atoms with E-state index in [1.54, 1.807) is 19.1 Å². The highest BCUT2D eigenvalue weighted by Crippen LogP contribution is 2.42. The molecule has 3 heterocycles. The normalized spacial score (nSPS) is 13.2. The van der Waals surface area contributed by atoms with Crippen molar-refractivity contribution in [1.82, 2.24) is 10.1 Å². The van der Waals surface area contributed by atoms with E-state index in [1.807, 2.05) is 18.2 Å². The number of nitrogens with one attached hydrogen (secondary N) is 1. The van der Waals surface area contributed by atoms with Crippen LogP contribution in [0.5, 0.6) is 0 Å². The van der Waals surface area contributed by atoms with Gasteiger partial charge in [0.15, 0.2) is 11.6 Å². The fourth-order valence-electron chi connectivity index (χ4n) is 3.13. The molecule has 1 N–H and O–H groups in total. The molecule has 28 heavy (non-hydrogen) atoms. The molecule has 1 amide bonds. The Morgan fingerprint density at radius 1 is 1.21 bits per heavy atom. The molecule has 0 unspecified atom stereocenters. The van der Waals surface area contributed by atoms with Crippen molar-refractivity contribution in [3.05, 3.63) is 52.2 Å². The Bertz CT molecular complexity index is 1010. The molecule has 0 bridgehead atoms. The van der Waals surface area contributed by atoms with Gasteiger partial charge in [0.2, 0.25) is 5.91 Å². The van der Waals surface area contributed by atoms with Gasteiger partial charge < -0.3 is 14.6 Å². The van der Waals surface area contributed by atoms with Gasteiger partial charge >= 0.3 is 0 Å². The highest BCUT2D eigenvalue weighted by Gasteiger charge is 2.26. The summed E-state index contributed by atoms with van der Waals surface area (Å²) in [6.45, 7) is 2.87. The van der Waals surface area contributed by atoms with E-state index >= 15 is 0 Å². The zero-order valence-electron chi connectivity index (χ0n) is 15.4. The molecule has 0 radical (unpaired) electrons. The second-order valence-corrected chi connectivity index (χ2v) is 7.60. The molecule has 2 aromatic heterocycles. The topological polar surface area (TPSA) is 94.3 Å². The second kappa shape index (κ2) is 8.04. The van der Waals surface area contributed by atoms with Gasteiger partial charge in [-0.05, 0) is 18.9 Å². The molecule has 3 aromatic rings. The van der Waals surface area contributed by atoms with Crippen LogP contribution in [0.3, 0.4) is 0 Å². The Kier molecular flexibility index (Phi) is 5.31. The maximum atomic E-state index is 12.5.